The monoisotopic (exact) mass is 315 g/mol. The highest BCUT2D eigenvalue weighted by atomic mass is 32.2. The molecule has 0 bridgehead atoms. The van der Waals surface area contributed by atoms with Crippen LogP contribution in [0, 0.1) is 17.7 Å². The van der Waals surface area contributed by atoms with E-state index in [9.17, 15) is 17.6 Å². The highest BCUT2D eigenvalue weighted by molar-refractivity contribution is 7.89. The summed E-state index contributed by atoms with van der Waals surface area (Å²) in [6.45, 7) is 2.36. The van der Waals surface area contributed by atoms with Crippen LogP contribution < -0.4 is 4.72 Å². The third-order valence-electron chi connectivity index (χ3n) is 4.04. The summed E-state index contributed by atoms with van der Waals surface area (Å²) in [5, 5.41) is 8.75. The maximum absolute atomic E-state index is 13.8. The fraction of sp³-hybridized carbons (Fsp3) is 0.500. The summed E-state index contributed by atoms with van der Waals surface area (Å²) >= 11 is 0. The summed E-state index contributed by atoms with van der Waals surface area (Å²) < 4.78 is 40.4. The lowest BCUT2D eigenvalue weighted by atomic mass is 9.99. The van der Waals surface area contributed by atoms with Crippen molar-refractivity contribution in [3.8, 4) is 0 Å². The maximum atomic E-state index is 13.8. The van der Waals surface area contributed by atoms with Gasteiger partial charge in [-0.2, -0.15) is 0 Å². The molecule has 1 aliphatic carbocycles. The van der Waals surface area contributed by atoms with E-state index in [1.54, 1.807) is 0 Å². The lowest BCUT2D eigenvalue weighted by Crippen LogP contribution is -2.31. The Balaban J connectivity index is 2.14. The van der Waals surface area contributed by atoms with Gasteiger partial charge in [-0.05, 0) is 36.5 Å². The molecule has 2 rings (SSSR count). The standard InChI is InChI=1S/C14H18FNO4S/c1-9-3-2-4-11(9)8-16-21(19,20)13-6-5-10(14(17)18)7-12(13)15/h5-7,9,11,16H,2-4,8H2,1H3,(H,17,18). The van der Waals surface area contributed by atoms with Gasteiger partial charge < -0.3 is 5.11 Å². The van der Waals surface area contributed by atoms with Gasteiger partial charge in [0.15, 0.2) is 0 Å². The first-order valence-electron chi connectivity index (χ1n) is 6.84. The first-order chi connectivity index (χ1) is 9.81. The Hall–Kier alpha value is -1.47. The van der Waals surface area contributed by atoms with Crippen molar-refractivity contribution in [1.82, 2.24) is 4.72 Å². The van der Waals surface area contributed by atoms with Crippen LogP contribution in [0.4, 0.5) is 4.39 Å². The van der Waals surface area contributed by atoms with Crippen LogP contribution in [-0.2, 0) is 10.0 Å². The Bertz CT molecular complexity index is 644. The second-order valence-electron chi connectivity index (χ2n) is 5.47. The number of rotatable bonds is 5. The summed E-state index contributed by atoms with van der Waals surface area (Å²) in [5.41, 5.74) is -0.282. The van der Waals surface area contributed by atoms with E-state index in [4.69, 9.17) is 5.11 Å². The number of halogens is 1. The van der Waals surface area contributed by atoms with E-state index < -0.39 is 26.7 Å². The lowest BCUT2D eigenvalue weighted by Gasteiger charge is -2.16. The van der Waals surface area contributed by atoms with Gasteiger partial charge in [0.1, 0.15) is 10.7 Å². The van der Waals surface area contributed by atoms with Crippen LogP contribution in [0.2, 0.25) is 0 Å². The zero-order valence-corrected chi connectivity index (χ0v) is 12.5. The normalized spacial score (nSPS) is 22.4. The molecule has 0 aromatic heterocycles. The van der Waals surface area contributed by atoms with E-state index in [0.29, 0.717) is 5.92 Å². The fourth-order valence-electron chi connectivity index (χ4n) is 2.67. The quantitative estimate of drug-likeness (QED) is 0.873. The molecule has 2 atom stereocenters. The zero-order chi connectivity index (χ0) is 15.6. The molecule has 5 nitrogen and oxygen atoms in total. The van der Waals surface area contributed by atoms with Crippen molar-refractivity contribution in [3.63, 3.8) is 0 Å². The third kappa shape index (κ3) is 3.59. The number of hydrogen-bond donors (Lipinski definition) is 2. The van der Waals surface area contributed by atoms with Crippen molar-refractivity contribution >= 4 is 16.0 Å². The summed E-state index contributed by atoms with van der Waals surface area (Å²) in [6, 6.07) is 2.78. The Kier molecular flexibility index (Phi) is 4.63. The summed E-state index contributed by atoms with van der Waals surface area (Å²) in [6.07, 6.45) is 3.12. The zero-order valence-electron chi connectivity index (χ0n) is 11.7. The molecule has 7 heteroatoms. The number of carboxylic acid groups (broad SMARTS) is 1. The predicted octanol–water partition coefficient (Wildman–Crippen LogP) is 2.24. The van der Waals surface area contributed by atoms with Crippen LogP contribution in [0.5, 0.6) is 0 Å². The summed E-state index contributed by atoms with van der Waals surface area (Å²) in [5.74, 6) is -1.64. The van der Waals surface area contributed by atoms with E-state index in [2.05, 4.69) is 11.6 Å². The molecule has 1 saturated carbocycles. The molecular formula is C14H18FNO4S. The molecule has 1 fully saturated rings. The minimum absolute atomic E-state index is 0.265. The van der Waals surface area contributed by atoms with Gasteiger partial charge in [0.25, 0.3) is 0 Å². The highest BCUT2D eigenvalue weighted by Crippen LogP contribution is 2.30. The second-order valence-corrected chi connectivity index (χ2v) is 7.21. The van der Waals surface area contributed by atoms with Crippen molar-refractivity contribution in [2.45, 2.75) is 31.1 Å². The number of carboxylic acids is 1. The van der Waals surface area contributed by atoms with Crippen molar-refractivity contribution in [3.05, 3.63) is 29.6 Å². The van der Waals surface area contributed by atoms with Gasteiger partial charge in [-0.25, -0.2) is 22.3 Å². The smallest absolute Gasteiger partial charge is 0.335 e. The number of hydrogen-bond acceptors (Lipinski definition) is 3. The summed E-state index contributed by atoms with van der Waals surface area (Å²) in [4.78, 5) is 10.2. The number of benzene rings is 1. The molecule has 0 saturated heterocycles. The molecule has 0 spiro atoms. The Labute approximate surface area is 123 Å². The van der Waals surface area contributed by atoms with Crippen LogP contribution >= 0.6 is 0 Å². The first-order valence-corrected chi connectivity index (χ1v) is 8.32. The highest BCUT2D eigenvalue weighted by Gasteiger charge is 2.26. The Morgan fingerprint density at radius 3 is 2.67 bits per heavy atom. The van der Waals surface area contributed by atoms with Crippen LogP contribution in [-0.4, -0.2) is 26.0 Å². The van der Waals surface area contributed by atoms with E-state index >= 15 is 0 Å². The molecule has 0 radical (unpaired) electrons. The minimum atomic E-state index is -3.96. The average Bonchev–Trinajstić information content (AvgIpc) is 2.81. The number of sulfonamides is 1. The third-order valence-corrected chi connectivity index (χ3v) is 5.50. The molecule has 1 aliphatic rings. The topological polar surface area (TPSA) is 83.5 Å². The van der Waals surface area contributed by atoms with Crippen molar-refractivity contribution < 1.29 is 22.7 Å². The fourth-order valence-corrected chi connectivity index (χ4v) is 3.82. The van der Waals surface area contributed by atoms with Crippen molar-refractivity contribution in [2.24, 2.45) is 11.8 Å². The van der Waals surface area contributed by atoms with E-state index in [1.165, 1.54) is 0 Å². The first kappa shape index (κ1) is 15.9. The van der Waals surface area contributed by atoms with Gasteiger partial charge in [0.2, 0.25) is 10.0 Å². The number of carbonyl (C=O) groups is 1. The summed E-state index contributed by atoms with van der Waals surface area (Å²) in [7, 11) is -3.96. The van der Waals surface area contributed by atoms with Gasteiger partial charge in [-0.1, -0.05) is 19.8 Å². The molecule has 0 aliphatic heterocycles. The van der Waals surface area contributed by atoms with Gasteiger partial charge >= 0.3 is 5.97 Å². The maximum Gasteiger partial charge on any atom is 0.335 e. The van der Waals surface area contributed by atoms with Crippen LogP contribution in [0.25, 0.3) is 0 Å². The minimum Gasteiger partial charge on any atom is -0.478 e. The van der Waals surface area contributed by atoms with E-state index in [1.807, 2.05) is 0 Å². The van der Waals surface area contributed by atoms with Gasteiger partial charge in [0, 0.05) is 6.54 Å². The molecule has 0 amide bonds. The van der Waals surface area contributed by atoms with Crippen LogP contribution in [0.3, 0.4) is 0 Å². The average molecular weight is 315 g/mol. The molecular weight excluding hydrogens is 297 g/mol. The molecule has 1 aromatic carbocycles. The SMILES string of the molecule is CC1CCCC1CNS(=O)(=O)c1ccc(C(=O)O)cc1F. The van der Waals surface area contributed by atoms with E-state index in [0.717, 1.165) is 37.5 Å². The molecule has 21 heavy (non-hydrogen) atoms. The van der Waals surface area contributed by atoms with Crippen LogP contribution in [0.1, 0.15) is 36.5 Å². The molecule has 0 heterocycles. The van der Waals surface area contributed by atoms with E-state index in [-0.39, 0.29) is 18.0 Å². The molecule has 1 aromatic rings. The number of aromatic carboxylic acids is 1. The Morgan fingerprint density at radius 1 is 1.43 bits per heavy atom. The van der Waals surface area contributed by atoms with Crippen molar-refractivity contribution in [1.29, 1.82) is 0 Å². The van der Waals surface area contributed by atoms with Gasteiger partial charge in [-0.3, -0.25) is 0 Å². The predicted molar refractivity (Wildman–Crippen MR) is 75.1 cm³/mol. The van der Waals surface area contributed by atoms with Gasteiger partial charge in [-0.15, -0.1) is 0 Å². The van der Waals surface area contributed by atoms with Gasteiger partial charge in [0.05, 0.1) is 5.56 Å². The lowest BCUT2D eigenvalue weighted by molar-refractivity contribution is 0.0696. The number of nitrogens with one attached hydrogen (secondary N) is 1. The molecule has 116 valence electrons. The Morgan fingerprint density at radius 2 is 2.14 bits per heavy atom. The largest absolute Gasteiger partial charge is 0.478 e. The molecule has 2 N–H and O–H groups in total. The molecule has 2 unspecified atom stereocenters. The second kappa shape index (κ2) is 6.11. The van der Waals surface area contributed by atoms with Crippen LogP contribution in [0.15, 0.2) is 23.1 Å². The van der Waals surface area contributed by atoms with Crippen molar-refractivity contribution in [2.75, 3.05) is 6.54 Å².